The lowest BCUT2D eigenvalue weighted by molar-refractivity contribution is -0.152. The van der Waals surface area contributed by atoms with Crippen molar-refractivity contribution in [3.8, 4) is 0 Å². The molecule has 0 spiro atoms. The van der Waals surface area contributed by atoms with Gasteiger partial charge in [-0.25, -0.2) is 8.42 Å². The fraction of sp³-hybridized carbons (Fsp3) is 0.526. The molecular weight excluding hydrogens is 384 g/mol. The summed E-state index contributed by atoms with van der Waals surface area (Å²) in [5.41, 5.74) is 1.89. The summed E-state index contributed by atoms with van der Waals surface area (Å²) in [6.45, 7) is 1.78. The lowest BCUT2D eigenvalue weighted by Gasteiger charge is -2.17. The molecule has 0 unspecified atom stereocenters. The van der Waals surface area contributed by atoms with Crippen LogP contribution < -0.4 is 10.2 Å². The van der Waals surface area contributed by atoms with Crippen LogP contribution in [0.15, 0.2) is 24.3 Å². The molecule has 0 radical (unpaired) electrons. The van der Waals surface area contributed by atoms with Crippen molar-refractivity contribution in [1.82, 2.24) is 5.32 Å². The van der Waals surface area contributed by atoms with E-state index in [-0.39, 0.29) is 30.4 Å². The molecule has 2 saturated heterocycles. The number of nitrogens with one attached hydrogen (secondary N) is 1. The number of benzene rings is 1. The van der Waals surface area contributed by atoms with Crippen molar-refractivity contribution < 1.29 is 27.5 Å². The molecule has 1 aromatic rings. The van der Waals surface area contributed by atoms with Gasteiger partial charge in [0, 0.05) is 24.7 Å². The van der Waals surface area contributed by atoms with Crippen molar-refractivity contribution in [1.29, 1.82) is 0 Å². The molecule has 0 bridgehead atoms. The van der Waals surface area contributed by atoms with Gasteiger partial charge in [-0.05, 0) is 30.5 Å². The number of hydrogen-bond acceptors (Lipinski definition) is 6. The van der Waals surface area contributed by atoms with Crippen LogP contribution in [0.3, 0.4) is 0 Å². The van der Waals surface area contributed by atoms with E-state index < -0.39 is 40.3 Å². The monoisotopic (exact) mass is 408 g/mol. The summed E-state index contributed by atoms with van der Waals surface area (Å²) >= 11 is 0. The van der Waals surface area contributed by atoms with Crippen molar-refractivity contribution in [2.24, 2.45) is 5.92 Å². The largest absolute Gasteiger partial charge is 0.455 e. The van der Waals surface area contributed by atoms with Crippen molar-refractivity contribution in [3.05, 3.63) is 29.8 Å². The number of esters is 1. The normalized spacial score (nSPS) is 23.6. The number of ether oxygens (including phenoxy) is 1. The molecule has 2 amide bonds. The first kappa shape index (κ1) is 20.3. The Morgan fingerprint density at radius 1 is 1.25 bits per heavy atom. The number of nitrogens with zero attached hydrogens (tertiary/aromatic N) is 1. The van der Waals surface area contributed by atoms with Gasteiger partial charge in [0.2, 0.25) is 5.91 Å². The summed E-state index contributed by atoms with van der Waals surface area (Å²) in [6.07, 6.45) is 1.31. The maximum Gasteiger partial charge on any atom is 0.311 e. The minimum absolute atomic E-state index is 0.0385. The minimum atomic E-state index is -3.09. The van der Waals surface area contributed by atoms with Gasteiger partial charge in [-0.1, -0.05) is 19.1 Å². The van der Waals surface area contributed by atoms with E-state index in [9.17, 15) is 22.8 Å². The van der Waals surface area contributed by atoms with Crippen molar-refractivity contribution in [3.63, 3.8) is 0 Å². The first-order valence-corrected chi connectivity index (χ1v) is 11.2. The molecule has 0 aliphatic carbocycles. The maximum absolute atomic E-state index is 12.3. The number of sulfone groups is 1. The van der Waals surface area contributed by atoms with Crippen LogP contribution in [-0.2, 0) is 35.4 Å². The van der Waals surface area contributed by atoms with E-state index in [4.69, 9.17) is 4.74 Å². The quantitative estimate of drug-likeness (QED) is 0.685. The average Bonchev–Trinajstić information content (AvgIpc) is 3.21. The summed E-state index contributed by atoms with van der Waals surface area (Å²) in [5, 5.41) is 2.56. The Hall–Kier alpha value is -2.42. The third kappa shape index (κ3) is 4.89. The van der Waals surface area contributed by atoms with Crippen LogP contribution in [0.5, 0.6) is 0 Å². The summed E-state index contributed by atoms with van der Waals surface area (Å²) in [4.78, 5) is 37.9. The SMILES string of the molecule is CCc1ccc(N2C[C@@H](C(=O)OCC(=O)N[C@@H]3CCS(=O)(=O)C3)CC2=O)cc1. The summed E-state index contributed by atoms with van der Waals surface area (Å²) < 4.78 is 27.8. The first-order valence-electron chi connectivity index (χ1n) is 9.33. The first-order chi connectivity index (χ1) is 13.3. The molecule has 2 heterocycles. The second kappa shape index (κ2) is 8.30. The molecule has 0 aromatic heterocycles. The van der Waals surface area contributed by atoms with Crippen molar-refractivity contribution >= 4 is 33.3 Å². The van der Waals surface area contributed by atoms with Gasteiger partial charge in [-0.2, -0.15) is 0 Å². The minimum Gasteiger partial charge on any atom is -0.455 e. The highest BCUT2D eigenvalue weighted by Crippen LogP contribution is 2.26. The lowest BCUT2D eigenvalue weighted by atomic mass is 10.1. The second-order valence-corrected chi connectivity index (χ2v) is 9.43. The van der Waals surface area contributed by atoms with E-state index in [1.165, 1.54) is 0 Å². The standard InChI is InChI=1S/C19H24N2O6S/c1-2-13-3-5-16(6-4-13)21-10-14(9-18(21)23)19(24)27-11-17(22)20-15-7-8-28(25,26)12-15/h3-6,14-15H,2,7-12H2,1H3,(H,20,22)/t14-,15+/m0/s1. The highest BCUT2D eigenvalue weighted by molar-refractivity contribution is 7.91. The molecule has 152 valence electrons. The number of aryl methyl sites for hydroxylation is 1. The molecule has 2 fully saturated rings. The topological polar surface area (TPSA) is 110 Å². The highest BCUT2D eigenvalue weighted by Gasteiger charge is 2.36. The lowest BCUT2D eigenvalue weighted by Crippen LogP contribution is -2.38. The van der Waals surface area contributed by atoms with Crippen LogP contribution in [0.2, 0.25) is 0 Å². The highest BCUT2D eigenvalue weighted by atomic mass is 32.2. The molecule has 1 aromatic carbocycles. The van der Waals surface area contributed by atoms with Crippen LogP contribution in [0.25, 0.3) is 0 Å². The van der Waals surface area contributed by atoms with Gasteiger partial charge in [0.15, 0.2) is 16.4 Å². The van der Waals surface area contributed by atoms with E-state index >= 15 is 0 Å². The third-order valence-corrected chi connectivity index (χ3v) is 6.83. The average molecular weight is 408 g/mol. The summed E-state index contributed by atoms with van der Waals surface area (Å²) in [5.74, 6) is -1.96. The number of rotatable bonds is 6. The predicted molar refractivity (Wildman–Crippen MR) is 102 cm³/mol. The van der Waals surface area contributed by atoms with E-state index in [0.717, 1.165) is 17.7 Å². The number of amides is 2. The Balaban J connectivity index is 1.48. The van der Waals surface area contributed by atoms with Gasteiger partial charge < -0.3 is 15.0 Å². The van der Waals surface area contributed by atoms with Crippen molar-refractivity contribution in [2.45, 2.75) is 32.2 Å². The molecule has 2 aliphatic rings. The molecule has 2 atom stereocenters. The summed E-state index contributed by atoms with van der Waals surface area (Å²) in [7, 11) is -3.09. The Morgan fingerprint density at radius 2 is 1.96 bits per heavy atom. The van der Waals surface area contributed by atoms with E-state index in [0.29, 0.717) is 6.42 Å². The zero-order valence-corrected chi connectivity index (χ0v) is 16.5. The van der Waals surface area contributed by atoms with Crippen LogP contribution in [0, 0.1) is 5.92 Å². The Kier molecular flexibility index (Phi) is 6.02. The molecular formula is C19H24N2O6S. The molecule has 2 aliphatic heterocycles. The molecule has 3 rings (SSSR count). The van der Waals surface area contributed by atoms with Crippen LogP contribution in [0.4, 0.5) is 5.69 Å². The number of carbonyl (C=O) groups is 3. The Morgan fingerprint density at radius 3 is 2.57 bits per heavy atom. The summed E-state index contributed by atoms with van der Waals surface area (Å²) in [6, 6.07) is 7.16. The molecule has 0 saturated carbocycles. The van der Waals surface area contributed by atoms with Gasteiger partial charge in [0.05, 0.1) is 17.4 Å². The fourth-order valence-corrected chi connectivity index (χ4v) is 5.13. The molecule has 1 N–H and O–H groups in total. The van der Waals surface area contributed by atoms with E-state index in [2.05, 4.69) is 5.32 Å². The Labute approximate surface area is 164 Å². The fourth-order valence-electron chi connectivity index (χ4n) is 3.46. The van der Waals surface area contributed by atoms with Crippen LogP contribution >= 0.6 is 0 Å². The van der Waals surface area contributed by atoms with Gasteiger partial charge in [-0.15, -0.1) is 0 Å². The van der Waals surface area contributed by atoms with Crippen LogP contribution in [0.1, 0.15) is 25.3 Å². The number of anilines is 1. The third-order valence-electron chi connectivity index (χ3n) is 5.06. The predicted octanol–water partition coefficient (Wildman–Crippen LogP) is 0.448. The number of carbonyl (C=O) groups excluding carboxylic acids is 3. The Bertz CT molecular complexity index is 865. The molecule has 8 nitrogen and oxygen atoms in total. The maximum atomic E-state index is 12.3. The zero-order chi connectivity index (χ0) is 20.3. The van der Waals surface area contributed by atoms with E-state index in [1.807, 2.05) is 31.2 Å². The van der Waals surface area contributed by atoms with Crippen molar-refractivity contribution in [2.75, 3.05) is 29.6 Å². The number of hydrogen-bond donors (Lipinski definition) is 1. The van der Waals surface area contributed by atoms with Gasteiger partial charge in [0.25, 0.3) is 5.91 Å². The van der Waals surface area contributed by atoms with Gasteiger partial charge in [0.1, 0.15) is 0 Å². The van der Waals surface area contributed by atoms with Crippen LogP contribution in [-0.4, -0.2) is 56.9 Å². The van der Waals surface area contributed by atoms with E-state index in [1.54, 1.807) is 4.90 Å². The van der Waals surface area contributed by atoms with Gasteiger partial charge in [-0.3, -0.25) is 14.4 Å². The molecule has 9 heteroatoms. The zero-order valence-electron chi connectivity index (χ0n) is 15.7. The smallest absolute Gasteiger partial charge is 0.311 e. The van der Waals surface area contributed by atoms with Gasteiger partial charge >= 0.3 is 5.97 Å². The molecule has 28 heavy (non-hydrogen) atoms. The second-order valence-electron chi connectivity index (χ2n) is 7.20.